The van der Waals surface area contributed by atoms with Crippen LogP contribution in [0.2, 0.25) is 0 Å². The fourth-order valence-corrected chi connectivity index (χ4v) is 2.83. The van der Waals surface area contributed by atoms with Gasteiger partial charge in [0.1, 0.15) is 0 Å². The molecular weight excluding hydrogens is 246 g/mol. The van der Waals surface area contributed by atoms with Crippen molar-refractivity contribution < 1.29 is 4.79 Å². The Labute approximate surface area is 115 Å². The van der Waals surface area contributed by atoms with Gasteiger partial charge < -0.3 is 15.5 Å². The molecule has 0 aromatic rings. The molecule has 0 atom stereocenters. The van der Waals surface area contributed by atoms with E-state index in [1.165, 1.54) is 6.42 Å². The minimum absolute atomic E-state index is 0.108. The first-order valence-corrected chi connectivity index (χ1v) is 7.01. The fraction of sp³-hybridized carbons (Fsp3) is 0.846. The van der Waals surface area contributed by atoms with Crippen LogP contribution in [0.1, 0.15) is 32.1 Å². The quantitative estimate of drug-likeness (QED) is 0.765. The Morgan fingerprint density at radius 3 is 2.17 bits per heavy atom. The largest absolute Gasteiger partial charge is 0.392 e. The highest BCUT2D eigenvalue weighted by atomic mass is 32.1. The lowest BCUT2D eigenvalue weighted by Crippen LogP contribution is -2.51. The molecule has 0 aliphatic heterocycles. The number of nitrogens with two attached hydrogens (primary N) is 1. The van der Waals surface area contributed by atoms with Crippen molar-refractivity contribution in [2.24, 2.45) is 11.1 Å². The van der Waals surface area contributed by atoms with E-state index < -0.39 is 5.41 Å². The number of carbonyl (C=O) groups is 1. The van der Waals surface area contributed by atoms with Crippen LogP contribution in [0.15, 0.2) is 0 Å². The van der Waals surface area contributed by atoms with E-state index in [2.05, 4.69) is 4.90 Å². The van der Waals surface area contributed by atoms with Crippen molar-refractivity contribution in [3.63, 3.8) is 0 Å². The molecular formula is C13H25N3OS. The van der Waals surface area contributed by atoms with Crippen molar-refractivity contribution in [2.45, 2.75) is 32.1 Å². The molecule has 0 bridgehead atoms. The molecule has 4 nitrogen and oxygen atoms in total. The molecule has 0 aromatic carbocycles. The zero-order valence-corrected chi connectivity index (χ0v) is 12.6. The Kier molecular flexibility index (Phi) is 5.53. The number of thiocarbonyl (C=S) groups is 1. The van der Waals surface area contributed by atoms with E-state index in [0.717, 1.165) is 38.8 Å². The van der Waals surface area contributed by atoms with Gasteiger partial charge in [0.05, 0.1) is 10.4 Å². The molecule has 0 saturated heterocycles. The van der Waals surface area contributed by atoms with Gasteiger partial charge >= 0.3 is 0 Å². The maximum absolute atomic E-state index is 12.6. The molecule has 1 aliphatic carbocycles. The highest BCUT2D eigenvalue weighted by Gasteiger charge is 2.43. The predicted molar refractivity (Wildman–Crippen MR) is 78.5 cm³/mol. The van der Waals surface area contributed by atoms with Crippen LogP contribution in [-0.2, 0) is 4.79 Å². The second-order valence-corrected chi connectivity index (χ2v) is 5.98. The average Bonchev–Trinajstić information content (AvgIpc) is 2.35. The van der Waals surface area contributed by atoms with E-state index >= 15 is 0 Å². The first kappa shape index (κ1) is 15.4. The Morgan fingerprint density at radius 2 is 1.72 bits per heavy atom. The van der Waals surface area contributed by atoms with E-state index in [1.54, 1.807) is 4.90 Å². The third-order valence-electron chi connectivity index (χ3n) is 3.82. The molecule has 0 unspecified atom stereocenters. The second kappa shape index (κ2) is 6.48. The number of rotatable bonds is 5. The summed E-state index contributed by atoms with van der Waals surface area (Å²) < 4.78 is 0. The predicted octanol–water partition coefficient (Wildman–Crippen LogP) is 1.24. The Bertz CT molecular complexity index is 311. The van der Waals surface area contributed by atoms with Gasteiger partial charge in [0.15, 0.2) is 0 Å². The molecule has 1 aliphatic rings. The molecule has 104 valence electrons. The summed E-state index contributed by atoms with van der Waals surface area (Å²) in [6.45, 7) is 1.58. The third kappa shape index (κ3) is 3.42. The van der Waals surface area contributed by atoms with Crippen LogP contribution in [0.3, 0.4) is 0 Å². The maximum atomic E-state index is 12.6. The van der Waals surface area contributed by atoms with Crippen LogP contribution < -0.4 is 5.73 Å². The summed E-state index contributed by atoms with van der Waals surface area (Å²) >= 11 is 5.18. The smallest absolute Gasteiger partial charge is 0.235 e. The zero-order valence-electron chi connectivity index (χ0n) is 11.7. The summed E-state index contributed by atoms with van der Waals surface area (Å²) in [6.07, 6.45) is 4.90. The van der Waals surface area contributed by atoms with Gasteiger partial charge in [0.2, 0.25) is 5.91 Å². The Morgan fingerprint density at radius 1 is 1.17 bits per heavy atom. The van der Waals surface area contributed by atoms with E-state index in [1.807, 2.05) is 21.1 Å². The monoisotopic (exact) mass is 271 g/mol. The molecule has 1 saturated carbocycles. The van der Waals surface area contributed by atoms with Crippen molar-refractivity contribution >= 4 is 23.1 Å². The van der Waals surface area contributed by atoms with Gasteiger partial charge in [0, 0.05) is 20.1 Å². The molecule has 2 N–H and O–H groups in total. The lowest BCUT2D eigenvalue weighted by atomic mass is 9.73. The SMILES string of the molecule is CN(C)CCN(C)C(=O)C1(C(N)=S)CCCCC1. The molecule has 0 aromatic heterocycles. The molecule has 0 spiro atoms. The summed E-state index contributed by atoms with van der Waals surface area (Å²) in [5, 5.41) is 0. The van der Waals surface area contributed by atoms with Crippen LogP contribution in [0.4, 0.5) is 0 Å². The van der Waals surface area contributed by atoms with Crippen LogP contribution in [-0.4, -0.2) is 54.9 Å². The van der Waals surface area contributed by atoms with E-state index in [4.69, 9.17) is 18.0 Å². The van der Waals surface area contributed by atoms with Gasteiger partial charge in [-0.1, -0.05) is 31.5 Å². The lowest BCUT2D eigenvalue weighted by Gasteiger charge is -2.38. The third-order valence-corrected chi connectivity index (χ3v) is 4.21. The summed E-state index contributed by atoms with van der Waals surface area (Å²) in [7, 11) is 5.85. The van der Waals surface area contributed by atoms with Crippen molar-refractivity contribution in [3.05, 3.63) is 0 Å². The maximum Gasteiger partial charge on any atom is 0.235 e. The molecule has 1 amide bonds. The first-order valence-electron chi connectivity index (χ1n) is 6.60. The molecule has 18 heavy (non-hydrogen) atoms. The summed E-state index contributed by atoms with van der Waals surface area (Å²) in [6, 6.07) is 0. The molecule has 0 radical (unpaired) electrons. The normalized spacial score (nSPS) is 18.7. The zero-order chi connectivity index (χ0) is 13.8. The number of hydrogen-bond acceptors (Lipinski definition) is 3. The number of amides is 1. The number of carbonyl (C=O) groups excluding carboxylic acids is 1. The van der Waals surface area contributed by atoms with Crippen LogP contribution >= 0.6 is 12.2 Å². The number of nitrogens with zero attached hydrogens (tertiary/aromatic N) is 2. The van der Waals surface area contributed by atoms with Crippen LogP contribution in [0.5, 0.6) is 0 Å². The number of likely N-dealkylation sites (N-methyl/N-ethyl adjacent to an activating group) is 2. The first-order chi connectivity index (χ1) is 8.40. The van der Waals surface area contributed by atoms with E-state index in [0.29, 0.717) is 4.99 Å². The average molecular weight is 271 g/mol. The summed E-state index contributed by atoms with van der Waals surface area (Å²) in [5.74, 6) is 0.108. The molecule has 1 fully saturated rings. The van der Waals surface area contributed by atoms with Gasteiger partial charge in [-0.05, 0) is 26.9 Å². The van der Waals surface area contributed by atoms with E-state index in [-0.39, 0.29) is 5.91 Å². The van der Waals surface area contributed by atoms with E-state index in [9.17, 15) is 4.79 Å². The van der Waals surface area contributed by atoms with Crippen molar-refractivity contribution in [2.75, 3.05) is 34.2 Å². The van der Waals surface area contributed by atoms with Gasteiger partial charge in [-0.2, -0.15) is 0 Å². The topological polar surface area (TPSA) is 49.6 Å². The van der Waals surface area contributed by atoms with Crippen LogP contribution in [0, 0.1) is 5.41 Å². The fourth-order valence-electron chi connectivity index (χ4n) is 2.54. The highest BCUT2D eigenvalue weighted by Crippen LogP contribution is 2.38. The van der Waals surface area contributed by atoms with Gasteiger partial charge in [0.25, 0.3) is 0 Å². The minimum atomic E-state index is -0.575. The Hall–Kier alpha value is -0.680. The van der Waals surface area contributed by atoms with Crippen molar-refractivity contribution in [3.8, 4) is 0 Å². The minimum Gasteiger partial charge on any atom is -0.392 e. The summed E-state index contributed by atoms with van der Waals surface area (Å²) in [4.78, 5) is 16.8. The highest BCUT2D eigenvalue weighted by molar-refractivity contribution is 7.80. The Balaban J connectivity index is 2.73. The molecule has 5 heteroatoms. The standard InChI is InChI=1S/C13H25N3OS/c1-15(2)9-10-16(3)12(17)13(11(14)18)7-5-4-6-8-13/h4-10H2,1-3H3,(H2,14,18). The summed E-state index contributed by atoms with van der Waals surface area (Å²) in [5.41, 5.74) is 5.30. The molecule has 0 heterocycles. The van der Waals surface area contributed by atoms with Gasteiger partial charge in [-0.15, -0.1) is 0 Å². The van der Waals surface area contributed by atoms with Gasteiger partial charge in [-0.25, -0.2) is 0 Å². The van der Waals surface area contributed by atoms with Gasteiger partial charge in [-0.3, -0.25) is 4.79 Å². The van der Waals surface area contributed by atoms with Crippen molar-refractivity contribution in [1.29, 1.82) is 0 Å². The van der Waals surface area contributed by atoms with Crippen LogP contribution in [0.25, 0.3) is 0 Å². The molecule has 1 rings (SSSR count). The lowest BCUT2D eigenvalue weighted by molar-refractivity contribution is -0.138. The second-order valence-electron chi connectivity index (χ2n) is 5.54. The van der Waals surface area contributed by atoms with Crippen molar-refractivity contribution in [1.82, 2.24) is 9.80 Å². The number of hydrogen-bond donors (Lipinski definition) is 1.